The maximum absolute atomic E-state index is 9.31. The molecule has 0 aliphatic heterocycles. The third kappa shape index (κ3) is 7.98. The fraction of sp³-hybridized carbons (Fsp3) is 0.440. The largest absolute Gasteiger partial charge is 0.409 e. The number of pyridine rings is 2. The second kappa shape index (κ2) is 13.0. The second-order valence-electron chi connectivity index (χ2n) is 10.5. The molecule has 4 aromatic rings. The molecule has 0 spiro atoms. The molecule has 2 atom stereocenters. The number of halogens is 2. The summed E-state index contributed by atoms with van der Waals surface area (Å²) in [6, 6.07) is 3.19. The van der Waals surface area contributed by atoms with Crippen molar-refractivity contribution in [3.63, 3.8) is 0 Å². The third-order valence-corrected chi connectivity index (χ3v) is 11.3. The van der Waals surface area contributed by atoms with Crippen molar-refractivity contribution in [1.82, 2.24) is 40.0 Å². The highest BCUT2D eigenvalue weighted by Crippen LogP contribution is 2.39. The normalized spacial score (nSPS) is 13.2. The fourth-order valence-corrected chi connectivity index (χ4v) is 4.85. The lowest BCUT2D eigenvalue weighted by atomic mass is 10.2. The molecule has 15 heteroatoms. The van der Waals surface area contributed by atoms with Crippen LogP contribution in [0.15, 0.2) is 36.9 Å². The first-order valence-electron chi connectivity index (χ1n) is 12.1. The monoisotopic (exact) mass is 608 g/mol. The summed E-state index contributed by atoms with van der Waals surface area (Å²) in [7, 11) is -1.87. The Morgan fingerprint density at radius 2 is 1.27 bits per heavy atom. The van der Waals surface area contributed by atoms with E-state index in [0.717, 1.165) is 5.69 Å². The highest BCUT2D eigenvalue weighted by Gasteiger charge is 2.39. The minimum atomic E-state index is -1.87. The van der Waals surface area contributed by atoms with Gasteiger partial charge in [-0.3, -0.25) is 0 Å². The van der Waals surface area contributed by atoms with E-state index < -0.39 is 14.4 Å². The van der Waals surface area contributed by atoms with E-state index >= 15 is 0 Å². The number of hydrogen-bond acceptors (Lipinski definition) is 10. The predicted molar refractivity (Wildman–Crippen MR) is 161 cm³/mol. The molecule has 4 heterocycles. The molecule has 12 nitrogen and oxygen atoms in total. The molecular weight excluding hydrogens is 571 g/mol. The maximum Gasteiger partial charge on any atom is 0.193 e. The first kappa shape index (κ1) is 33.1. The van der Waals surface area contributed by atoms with Gasteiger partial charge in [0, 0.05) is 0 Å². The lowest BCUT2D eigenvalue weighted by molar-refractivity contribution is 0.193. The number of aliphatic hydroxyl groups is 1. The van der Waals surface area contributed by atoms with Gasteiger partial charge in [-0.1, -0.05) is 51.4 Å². The summed E-state index contributed by atoms with van der Waals surface area (Å²) >= 11 is 12.1. The standard InChI is InChI=1S/C15H24ClN5OSi.C9H10ClN5O.CH4/c1-10(22-23(5,6)15(2,3)4)13-9-19-21(20-13)14-12(16)7-11(17)8-18-14;1-5(16)8-4-13-15(14-8)9-7(10)2-6(11)3-12-9;/h7-10H,17H2,1-6H3;2-5,16H,11H2,1H3;1H4. The number of nitrogen functional groups attached to an aromatic ring is 2. The molecule has 4 rings (SSSR count). The van der Waals surface area contributed by atoms with Crippen molar-refractivity contribution in [3.8, 4) is 11.6 Å². The van der Waals surface area contributed by atoms with E-state index in [9.17, 15) is 5.11 Å². The van der Waals surface area contributed by atoms with Crippen LogP contribution in [0, 0.1) is 0 Å². The van der Waals surface area contributed by atoms with E-state index in [0.29, 0.717) is 38.7 Å². The number of anilines is 2. The molecule has 0 aliphatic carbocycles. The van der Waals surface area contributed by atoms with Gasteiger partial charge in [-0.2, -0.15) is 10.2 Å². The van der Waals surface area contributed by atoms with Gasteiger partial charge < -0.3 is 21.0 Å². The van der Waals surface area contributed by atoms with E-state index in [1.807, 2.05) is 6.92 Å². The minimum absolute atomic E-state index is 0. The maximum atomic E-state index is 9.31. The van der Waals surface area contributed by atoms with Gasteiger partial charge in [0.25, 0.3) is 0 Å². The zero-order valence-corrected chi connectivity index (χ0v) is 25.5. The van der Waals surface area contributed by atoms with E-state index in [4.69, 9.17) is 39.1 Å². The van der Waals surface area contributed by atoms with Gasteiger partial charge in [0.1, 0.15) is 11.4 Å². The average molecular weight is 610 g/mol. The topological polar surface area (TPSA) is 169 Å². The van der Waals surface area contributed by atoms with Crippen LogP contribution in [0.5, 0.6) is 0 Å². The molecule has 0 bridgehead atoms. The molecule has 4 aromatic heterocycles. The van der Waals surface area contributed by atoms with Gasteiger partial charge in [0.2, 0.25) is 0 Å². The van der Waals surface area contributed by atoms with Crippen molar-refractivity contribution in [2.24, 2.45) is 0 Å². The number of rotatable bonds is 6. The highest BCUT2D eigenvalue weighted by molar-refractivity contribution is 6.74. The first-order chi connectivity index (χ1) is 18.1. The summed E-state index contributed by atoms with van der Waals surface area (Å²) in [6.45, 7) is 14.7. The third-order valence-electron chi connectivity index (χ3n) is 6.21. The van der Waals surface area contributed by atoms with Crippen molar-refractivity contribution < 1.29 is 9.53 Å². The quantitative estimate of drug-likeness (QED) is 0.235. The van der Waals surface area contributed by atoms with Gasteiger partial charge >= 0.3 is 0 Å². The van der Waals surface area contributed by atoms with E-state index in [1.54, 1.807) is 25.3 Å². The van der Waals surface area contributed by atoms with Crippen molar-refractivity contribution in [3.05, 3.63) is 58.4 Å². The molecule has 0 aromatic carbocycles. The predicted octanol–water partition coefficient (Wildman–Crippen LogP) is 5.57. The summed E-state index contributed by atoms with van der Waals surface area (Å²) in [5.74, 6) is 0.828. The zero-order valence-electron chi connectivity index (χ0n) is 23.0. The van der Waals surface area contributed by atoms with E-state index in [2.05, 4.69) is 64.2 Å². The van der Waals surface area contributed by atoms with Crippen molar-refractivity contribution >= 4 is 42.9 Å². The lowest BCUT2D eigenvalue weighted by Crippen LogP contribution is -2.41. The molecule has 0 fully saturated rings. The molecule has 2 unspecified atom stereocenters. The summed E-state index contributed by atoms with van der Waals surface area (Å²) in [5, 5.41) is 26.9. The van der Waals surface area contributed by atoms with E-state index in [-0.39, 0.29) is 18.6 Å². The second-order valence-corrected chi connectivity index (χ2v) is 16.0. The van der Waals surface area contributed by atoms with Crippen LogP contribution in [0.3, 0.4) is 0 Å². The Hall–Kier alpha value is -3.10. The van der Waals surface area contributed by atoms with Gasteiger partial charge in [0.05, 0.1) is 58.4 Å². The molecule has 5 N–H and O–H groups in total. The summed E-state index contributed by atoms with van der Waals surface area (Å²) in [5.41, 5.74) is 13.4. The number of aliphatic hydroxyl groups excluding tert-OH is 1. The SMILES string of the molecule is C.CC(O)c1cnn(-c2ncc(N)cc2Cl)n1.CC(O[Si](C)(C)C(C)(C)C)c1cnn(-c2ncc(N)cc2Cl)n1. The molecule has 0 radical (unpaired) electrons. The van der Waals surface area contributed by atoms with Crippen molar-refractivity contribution in [2.75, 3.05) is 11.5 Å². The Morgan fingerprint density at radius 3 is 1.65 bits per heavy atom. The highest BCUT2D eigenvalue weighted by atomic mass is 35.5. The molecule has 0 amide bonds. The van der Waals surface area contributed by atoms with Gasteiger partial charge in [0.15, 0.2) is 20.0 Å². The Kier molecular flexibility index (Phi) is 10.8. The van der Waals surface area contributed by atoms with Crippen LogP contribution in [0.1, 0.15) is 65.6 Å². The number of hydrogen-bond donors (Lipinski definition) is 3. The molecule has 0 saturated carbocycles. The Bertz CT molecular complexity index is 1420. The van der Waals surface area contributed by atoms with Crippen molar-refractivity contribution in [1.29, 1.82) is 0 Å². The summed E-state index contributed by atoms with van der Waals surface area (Å²) in [6.07, 6.45) is 5.32. The molecule has 0 saturated heterocycles. The van der Waals surface area contributed by atoms with Crippen LogP contribution in [-0.2, 0) is 4.43 Å². The number of aromatic nitrogens is 8. The summed E-state index contributed by atoms with van der Waals surface area (Å²) in [4.78, 5) is 10.9. The zero-order chi connectivity index (χ0) is 29.1. The Balaban J connectivity index is 0.000000290. The summed E-state index contributed by atoms with van der Waals surface area (Å²) < 4.78 is 6.34. The van der Waals surface area contributed by atoms with Crippen LogP contribution in [0.2, 0.25) is 28.2 Å². The molecule has 218 valence electrons. The van der Waals surface area contributed by atoms with Crippen molar-refractivity contribution in [2.45, 2.75) is 72.4 Å². The van der Waals surface area contributed by atoms with Crippen LogP contribution in [0.4, 0.5) is 11.4 Å². The van der Waals surface area contributed by atoms with Crippen LogP contribution >= 0.6 is 23.2 Å². The first-order valence-corrected chi connectivity index (χ1v) is 15.8. The number of nitrogens with two attached hydrogens (primary N) is 2. The lowest BCUT2D eigenvalue weighted by Gasteiger charge is -2.38. The molecule has 40 heavy (non-hydrogen) atoms. The number of nitrogens with zero attached hydrogens (tertiary/aromatic N) is 8. The van der Waals surface area contributed by atoms with Crippen LogP contribution < -0.4 is 11.5 Å². The van der Waals surface area contributed by atoms with Gasteiger partial charge in [-0.15, -0.1) is 19.8 Å². The average Bonchev–Trinajstić information content (AvgIpc) is 3.49. The minimum Gasteiger partial charge on any atom is -0.409 e. The fourth-order valence-electron chi connectivity index (χ4n) is 3.00. The molecular formula is C25H38Cl2N10O2Si. The Labute approximate surface area is 245 Å². The Morgan fingerprint density at radius 1 is 0.850 bits per heavy atom. The smallest absolute Gasteiger partial charge is 0.193 e. The van der Waals surface area contributed by atoms with Crippen LogP contribution in [0.25, 0.3) is 11.6 Å². The van der Waals surface area contributed by atoms with Crippen LogP contribution in [-0.4, -0.2) is 53.4 Å². The van der Waals surface area contributed by atoms with E-state index in [1.165, 1.54) is 28.2 Å². The van der Waals surface area contributed by atoms with Gasteiger partial charge in [-0.05, 0) is 44.1 Å². The molecule has 0 aliphatic rings. The van der Waals surface area contributed by atoms with Gasteiger partial charge in [-0.25, -0.2) is 9.97 Å².